The molecule has 3 aromatic rings. The summed E-state index contributed by atoms with van der Waals surface area (Å²) in [6.07, 6.45) is 8.05. The molecule has 0 saturated carbocycles. The number of aromatic nitrogens is 2. The molecule has 1 fully saturated rings. The molecule has 1 N–H and O–H groups in total. The second-order valence-electron chi connectivity index (χ2n) is 8.40. The van der Waals surface area contributed by atoms with Crippen LogP contribution in [0.1, 0.15) is 42.6 Å². The first-order valence-corrected chi connectivity index (χ1v) is 11.2. The fraction of sp³-hybridized carbons (Fsp3) is 0.385. The molecule has 1 saturated heterocycles. The summed E-state index contributed by atoms with van der Waals surface area (Å²) in [6, 6.07) is 14.7. The van der Waals surface area contributed by atoms with Crippen LogP contribution in [0.15, 0.2) is 54.7 Å². The molecule has 2 heterocycles. The molecule has 0 radical (unpaired) electrons. The summed E-state index contributed by atoms with van der Waals surface area (Å²) in [7, 11) is 0. The van der Waals surface area contributed by atoms with E-state index in [1.165, 1.54) is 37.1 Å². The van der Waals surface area contributed by atoms with Crippen molar-refractivity contribution in [3.8, 4) is 11.3 Å². The summed E-state index contributed by atoms with van der Waals surface area (Å²) < 4.78 is 27.8. The second-order valence-corrected chi connectivity index (χ2v) is 8.40. The van der Waals surface area contributed by atoms with Gasteiger partial charge in [-0.3, -0.25) is 0 Å². The van der Waals surface area contributed by atoms with Crippen LogP contribution < -0.4 is 5.32 Å². The second kappa shape index (κ2) is 10.6. The Balaban J connectivity index is 1.40. The molecule has 1 aromatic heterocycles. The van der Waals surface area contributed by atoms with Gasteiger partial charge in [0, 0.05) is 12.0 Å². The van der Waals surface area contributed by atoms with E-state index < -0.39 is 5.82 Å². The number of nitrogens with zero attached hydrogens (tertiary/aromatic N) is 2. The van der Waals surface area contributed by atoms with Crippen molar-refractivity contribution in [2.75, 3.05) is 13.1 Å². The Labute approximate surface area is 183 Å². The lowest BCUT2D eigenvalue weighted by Crippen LogP contribution is -2.27. The lowest BCUT2D eigenvalue weighted by atomic mass is 9.91. The van der Waals surface area contributed by atoms with Crippen LogP contribution >= 0.6 is 0 Å². The van der Waals surface area contributed by atoms with E-state index in [-0.39, 0.29) is 5.82 Å². The molecule has 0 unspecified atom stereocenters. The molecule has 0 bridgehead atoms. The highest BCUT2D eigenvalue weighted by molar-refractivity contribution is 5.60. The average molecular weight is 422 g/mol. The van der Waals surface area contributed by atoms with Crippen LogP contribution in [0.5, 0.6) is 0 Å². The lowest BCUT2D eigenvalue weighted by molar-refractivity contribution is 0.354. The van der Waals surface area contributed by atoms with Gasteiger partial charge in [-0.05, 0) is 86.9 Å². The van der Waals surface area contributed by atoms with Gasteiger partial charge in [0.1, 0.15) is 17.3 Å². The highest BCUT2D eigenvalue weighted by atomic mass is 19.1. The number of nitrogens with one attached hydrogen (secondary N) is 1. The Hall–Kier alpha value is -2.66. The molecular weight excluding hydrogens is 392 g/mol. The van der Waals surface area contributed by atoms with Crippen LogP contribution in [-0.2, 0) is 19.3 Å². The molecule has 2 aromatic carbocycles. The monoisotopic (exact) mass is 421 g/mol. The Kier molecular flexibility index (Phi) is 7.36. The standard InChI is InChI=1S/C26H29F2N3/c27-23-8-2-5-20(17-23)6-3-9-25-30-18-24(28)26(31-25)22-7-1-4-21(16-22)11-10-19-12-14-29-15-13-19/h1-2,4-5,7-8,16-19,29H,3,6,9-15H2. The number of benzene rings is 2. The molecule has 0 spiro atoms. The van der Waals surface area contributed by atoms with E-state index in [1.54, 1.807) is 12.1 Å². The quantitative estimate of drug-likeness (QED) is 0.520. The van der Waals surface area contributed by atoms with E-state index in [0.29, 0.717) is 17.9 Å². The number of hydrogen-bond donors (Lipinski definition) is 1. The fourth-order valence-corrected chi connectivity index (χ4v) is 4.28. The van der Waals surface area contributed by atoms with Gasteiger partial charge in [0.2, 0.25) is 0 Å². The molecule has 1 aliphatic rings. The number of aryl methyl sites for hydroxylation is 3. The summed E-state index contributed by atoms with van der Waals surface area (Å²) in [5, 5.41) is 3.41. The molecule has 1 aliphatic heterocycles. The van der Waals surface area contributed by atoms with E-state index in [4.69, 9.17) is 0 Å². The summed E-state index contributed by atoms with van der Waals surface area (Å²) >= 11 is 0. The lowest BCUT2D eigenvalue weighted by Gasteiger charge is -2.22. The van der Waals surface area contributed by atoms with Gasteiger partial charge in [-0.15, -0.1) is 0 Å². The van der Waals surface area contributed by atoms with Gasteiger partial charge in [-0.1, -0.05) is 30.3 Å². The van der Waals surface area contributed by atoms with Crippen molar-refractivity contribution in [1.29, 1.82) is 0 Å². The maximum Gasteiger partial charge on any atom is 0.167 e. The zero-order valence-electron chi connectivity index (χ0n) is 17.8. The molecule has 0 amide bonds. The molecule has 31 heavy (non-hydrogen) atoms. The smallest absolute Gasteiger partial charge is 0.167 e. The molecule has 0 atom stereocenters. The van der Waals surface area contributed by atoms with Crippen molar-refractivity contribution in [1.82, 2.24) is 15.3 Å². The van der Waals surface area contributed by atoms with Crippen molar-refractivity contribution in [3.63, 3.8) is 0 Å². The van der Waals surface area contributed by atoms with Gasteiger partial charge in [0.05, 0.1) is 6.20 Å². The number of halogens is 2. The molecule has 4 rings (SSSR count). The minimum atomic E-state index is -0.399. The maximum absolute atomic E-state index is 14.5. The van der Waals surface area contributed by atoms with Crippen molar-refractivity contribution in [2.45, 2.75) is 44.9 Å². The largest absolute Gasteiger partial charge is 0.317 e. The third-order valence-corrected chi connectivity index (χ3v) is 6.05. The molecular formula is C26H29F2N3. The van der Waals surface area contributed by atoms with Gasteiger partial charge < -0.3 is 5.32 Å². The van der Waals surface area contributed by atoms with Gasteiger partial charge in [0.15, 0.2) is 5.82 Å². The van der Waals surface area contributed by atoms with Crippen molar-refractivity contribution < 1.29 is 8.78 Å². The molecule has 162 valence electrons. The first-order chi connectivity index (χ1) is 15.2. The zero-order valence-corrected chi connectivity index (χ0v) is 17.8. The normalized spacial score (nSPS) is 14.6. The van der Waals surface area contributed by atoms with Crippen molar-refractivity contribution >= 4 is 0 Å². The minimum Gasteiger partial charge on any atom is -0.317 e. The van der Waals surface area contributed by atoms with Crippen LogP contribution in [0.4, 0.5) is 8.78 Å². The SMILES string of the molecule is Fc1cccc(CCCc2ncc(F)c(-c3cccc(CCC4CCNCC4)c3)n2)c1. The maximum atomic E-state index is 14.5. The van der Waals surface area contributed by atoms with Crippen LogP contribution in [-0.4, -0.2) is 23.1 Å². The Morgan fingerprint density at radius 3 is 2.48 bits per heavy atom. The Morgan fingerprint density at radius 2 is 1.68 bits per heavy atom. The average Bonchev–Trinajstić information content (AvgIpc) is 2.80. The number of rotatable bonds is 8. The Bertz CT molecular complexity index is 999. The van der Waals surface area contributed by atoms with Crippen LogP contribution in [0.2, 0.25) is 0 Å². The van der Waals surface area contributed by atoms with Gasteiger partial charge in [-0.25, -0.2) is 18.7 Å². The van der Waals surface area contributed by atoms with E-state index in [9.17, 15) is 8.78 Å². The first-order valence-electron chi connectivity index (χ1n) is 11.2. The first kappa shape index (κ1) is 21.6. The summed E-state index contributed by atoms with van der Waals surface area (Å²) in [6.45, 7) is 2.22. The number of hydrogen-bond acceptors (Lipinski definition) is 3. The van der Waals surface area contributed by atoms with Crippen LogP contribution in [0.3, 0.4) is 0 Å². The highest BCUT2D eigenvalue weighted by Gasteiger charge is 2.14. The van der Waals surface area contributed by atoms with Crippen LogP contribution in [0.25, 0.3) is 11.3 Å². The zero-order chi connectivity index (χ0) is 21.5. The highest BCUT2D eigenvalue weighted by Crippen LogP contribution is 2.24. The topological polar surface area (TPSA) is 37.8 Å². The van der Waals surface area contributed by atoms with Crippen molar-refractivity contribution in [3.05, 3.63) is 83.3 Å². The summed E-state index contributed by atoms with van der Waals surface area (Å²) in [5.41, 5.74) is 3.33. The molecule has 3 nitrogen and oxygen atoms in total. The van der Waals surface area contributed by atoms with E-state index in [0.717, 1.165) is 49.4 Å². The predicted octanol–water partition coefficient (Wildman–Crippen LogP) is 5.53. The van der Waals surface area contributed by atoms with E-state index in [2.05, 4.69) is 27.4 Å². The van der Waals surface area contributed by atoms with Gasteiger partial charge in [0.25, 0.3) is 0 Å². The Morgan fingerprint density at radius 1 is 0.903 bits per heavy atom. The third-order valence-electron chi connectivity index (χ3n) is 6.05. The fourth-order valence-electron chi connectivity index (χ4n) is 4.28. The molecule has 5 heteroatoms. The van der Waals surface area contributed by atoms with Gasteiger partial charge in [-0.2, -0.15) is 0 Å². The third kappa shape index (κ3) is 6.17. The van der Waals surface area contributed by atoms with E-state index >= 15 is 0 Å². The predicted molar refractivity (Wildman–Crippen MR) is 120 cm³/mol. The van der Waals surface area contributed by atoms with Crippen LogP contribution in [0, 0.1) is 17.6 Å². The minimum absolute atomic E-state index is 0.224. The molecule has 0 aliphatic carbocycles. The van der Waals surface area contributed by atoms with Crippen molar-refractivity contribution in [2.24, 2.45) is 5.92 Å². The number of piperidine rings is 1. The summed E-state index contributed by atoms with van der Waals surface area (Å²) in [5.74, 6) is 0.764. The van der Waals surface area contributed by atoms with E-state index in [1.807, 2.05) is 18.2 Å². The summed E-state index contributed by atoms with van der Waals surface area (Å²) in [4.78, 5) is 8.68. The van der Waals surface area contributed by atoms with Gasteiger partial charge >= 0.3 is 0 Å².